The highest BCUT2D eigenvalue weighted by molar-refractivity contribution is 6.11. The number of nitrogens with one attached hydrogen (secondary N) is 2. The Morgan fingerprint density at radius 3 is 2.60 bits per heavy atom. The molecular weight excluding hydrogens is 380 g/mol. The molecular formula is C23H26N4O3. The number of amides is 1. The highest BCUT2D eigenvalue weighted by Crippen LogP contribution is 2.36. The van der Waals surface area contributed by atoms with Gasteiger partial charge in [-0.3, -0.25) is 4.79 Å². The number of esters is 1. The fraction of sp³-hybridized carbons (Fsp3) is 0.348. The van der Waals surface area contributed by atoms with E-state index in [2.05, 4.69) is 15.6 Å². The van der Waals surface area contributed by atoms with Crippen LogP contribution in [0, 0.1) is 5.92 Å². The molecule has 7 nitrogen and oxygen atoms in total. The van der Waals surface area contributed by atoms with Gasteiger partial charge >= 0.3 is 5.97 Å². The topological polar surface area (TPSA) is 85.2 Å². The highest BCUT2D eigenvalue weighted by atomic mass is 16.5. The zero-order valence-corrected chi connectivity index (χ0v) is 17.4. The number of carbonyl (C=O) groups is 2. The fourth-order valence-electron chi connectivity index (χ4n) is 3.56. The summed E-state index contributed by atoms with van der Waals surface area (Å²) >= 11 is 0. The predicted molar refractivity (Wildman–Crippen MR) is 117 cm³/mol. The minimum absolute atomic E-state index is 0.00736. The molecule has 156 valence electrons. The first-order chi connectivity index (χ1) is 14.5. The lowest BCUT2D eigenvalue weighted by Crippen LogP contribution is -2.18. The summed E-state index contributed by atoms with van der Waals surface area (Å²) in [6, 6.07) is 12.0. The van der Waals surface area contributed by atoms with Crippen LogP contribution in [0.5, 0.6) is 0 Å². The average molecular weight is 406 g/mol. The quantitative estimate of drug-likeness (QED) is 0.579. The number of pyridine rings is 1. The smallest absolute Gasteiger partial charge is 0.356 e. The van der Waals surface area contributed by atoms with E-state index in [4.69, 9.17) is 4.74 Å². The van der Waals surface area contributed by atoms with Crippen molar-refractivity contribution in [3.8, 4) is 0 Å². The Morgan fingerprint density at radius 1 is 1.23 bits per heavy atom. The van der Waals surface area contributed by atoms with Crippen LogP contribution in [-0.4, -0.2) is 34.6 Å². The Balaban J connectivity index is 1.90. The molecule has 4 rings (SSSR count). The normalized spacial score (nSPS) is 13.5. The van der Waals surface area contributed by atoms with E-state index in [9.17, 15) is 9.59 Å². The average Bonchev–Trinajstić information content (AvgIpc) is 3.54. The number of hydrogen-bond acceptors (Lipinski definition) is 5. The number of anilines is 2. The number of methoxy groups -OCH3 is 1. The molecule has 1 saturated carbocycles. The number of aromatic nitrogens is 2. The lowest BCUT2D eigenvalue weighted by molar-refractivity contribution is -0.117. The van der Waals surface area contributed by atoms with E-state index >= 15 is 0 Å². The Morgan fingerprint density at radius 2 is 1.97 bits per heavy atom. The summed E-state index contributed by atoms with van der Waals surface area (Å²) in [6.45, 7) is 4.52. The fourth-order valence-corrected chi connectivity index (χ4v) is 3.56. The van der Waals surface area contributed by atoms with Crippen LogP contribution in [0.25, 0.3) is 11.0 Å². The number of ether oxygens (including phenoxy) is 1. The van der Waals surface area contributed by atoms with Crippen molar-refractivity contribution in [1.29, 1.82) is 0 Å². The van der Waals surface area contributed by atoms with Crippen LogP contribution in [0.4, 0.5) is 11.4 Å². The van der Waals surface area contributed by atoms with Crippen molar-refractivity contribution >= 4 is 34.3 Å². The summed E-state index contributed by atoms with van der Waals surface area (Å²) in [7, 11) is 1.35. The van der Waals surface area contributed by atoms with Gasteiger partial charge in [-0.15, -0.1) is 0 Å². The minimum Gasteiger partial charge on any atom is -0.464 e. The summed E-state index contributed by atoms with van der Waals surface area (Å²) < 4.78 is 6.90. The maximum absolute atomic E-state index is 12.8. The zero-order valence-electron chi connectivity index (χ0n) is 17.4. The van der Waals surface area contributed by atoms with E-state index in [1.807, 2.05) is 54.8 Å². The van der Waals surface area contributed by atoms with Gasteiger partial charge in [0.15, 0.2) is 5.69 Å². The summed E-state index contributed by atoms with van der Waals surface area (Å²) in [6.07, 6.45) is 3.50. The van der Waals surface area contributed by atoms with Crippen LogP contribution in [0.2, 0.25) is 0 Å². The van der Waals surface area contributed by atoms with E-state index in [0.717, 1.165) is 24.1 Å². The van der Waals surface area contributed by atoms with E-state index in [1.54, 1.807) is 6.20 Å². The third-order valence-corrected chi connectivity index (χ3v) is 5.11. The van der Waals surface area contributed by atoms with Gasteiger partial charge in [0.1, 0.15) is 5.65 Å². The van der Waals surface area contributed by atoms with Gasteiger partial charge in [-0.2, -0.15) is 0 Å². The molecule has 1 amide bonds. The third kappa shape index (κ3) is 4.01. The SMILES string of the molecule is COC(=O)c1c(NC(=O)C2CC2)c2cc(NC(C)C)cnc2n1Cc1ccccc1. The molecule has 0 spiro atoms. The molecule has 30 heavy (non-hydrogen) atoms. The molecule has 2 aromatic heterocycles. The van der Waals surface area contributed by atoms with Crippen LogP contribution in [0.15, 0.2) is 42.6 Å². The Kier molecular flexibility index (Phi) is 5.44. The predicted octanol–water partition coefficient (Wildman–Crippen LogP) is 4.04. The third-order valence-electron chi connectivity index (χ3n) is 5.11. The summed E-state index contributed by atoms with van der Waals surface area (Å²) in [5, 5.41) is 7.04. The van der Waals surface area contributed by atoms with Crippen molar-refractivity contribution in [2.45, 2.75) is 39.3 Å². The number of rotatable bonds is 7. The second kappa shape index (κ2) is 8.18. The molecule has 0 unspecified atom stereocenters. The van der Waals surface area contributed by atoms with Crippen LogP contribution in [0.3, 0.4) is 0 Å². The molecule has 0 saturated heterocycles. The molecule has 2 heterocycles. The minimum atomic E-state index is -0.506. The monoisotopic (exact) mass is 406 g/mol. The summed E-state index contributed by atoms with van der Waals surface area (Å²) in [4.78, 5) is 30.0. The van der Waals surface area contributed by atoms with Crippen molar-refractivity contribution in [1.82, 2.24) is 9.55 Å². The summed E-state index contributed by atoms with van der Waals surface area (Å²) in [5.41, 5.74) is 3.24. The molecule has 3 aromatic rings. The van der Waals surface area contributed by atoms with E-state index in [0.29, 0.717) is 29.0 Å². The highest BCUT2D eigenvalue weighted by Gasteiger charge is 2.33. The molecule has 0 bridgehead atoms. The van der Waals surface area contributed by atoms with E-state index in [1.165, 1.54) is 7.11 Å². The number of fused-ring (bicyclic) bond motifs is 1. The standard InChI is InChI=1S/C23H26N4O3/c1-14(2)25-17-11-18-19(26-22(28)16-9-10-16)20(23(29)30-3)27(21(18)24-12-17)13-15-7-5-4-6-8-15/h4-8,11-12,14,16,25H,9-10,13H2,1-3H3,(H,26,28). The Labute approximate surface area is 175 Å². The van der Waals surface area contributed by atoms with Crippen LogP contribution in [0.1, 0.15) is 42.7 Å². The van der Waals surface area contributed by atoms with Crippen LogP contribution < -0.4 is 10.6 Å². The Bertz CT molecular complexity index is 1080. The lowest BCUT2D eigenvalue weighted by Gasteiger charge is -2.11. The van der Waals surface area contributed by atoms with Gasteiger partial charge in [-0.05, 0) is 38.3 Å². The lowest BCUT2D eigenvalue weighted by atomic mass is 10.2. The molecule has 2 N–H and O–H groups in total. The van der Waals surface area contributed by atoms with Crippen molar-refractivity contribution in [2.24, 2.45) is 5.92 Å². The van der Waals surface area contributed by atoms with Gasteiger partial charge in [0.05, 0.1) is 24.7 Å². The molecule has 1 aliphatic carbocycles. The molecule has 0 aliphatic heterocycles. The van der Waals surface area contributed by atoms with E-state index in [-0.39, 0.29) is 17.9 Å². The maximum Gasteiger partial charge on any atom is 0.356 e. The maximum atomic E-state index is 12.8. The van der Waals surface area contributed by atoms with E-state index < -0.39 is 5.97 Å². The van der Waals surface area contributed by atoms with Gasteiger partial charge in [0.25, 0.3) is 0 Å². The van der Waals surface area contributed by atoms with Gasteiger partial charge in [-0.1, -0.05) is 30.3 Å². The van der Waals surface area contributed by atoms with Gasteiger partial charge in [0.2, 0.25) is 5.91 Å². The largest absolute Gasteiger partial charge is 0.464 e. The second-order valence-corrected chi connectivity index (χ2v) is 7.94. The van der Waals surface area contributed by atoms with Crippen molar-refractivity contribution in [3.05, 3.63) is 53.9 Å². The molecule has 1 aliphatic rings. The number of benzene rings is 1. The number of hydrogen-bond donors (Lipinski definition) is 2. The summed E-state index contributed by atoms with van der Waals surface area (Å²) in [5.74, 6) is -0.567. The molecule has 0 radical (unpaired) electrons. The van der Waals surface area contributed by atoms with Crippen LogP contribution >= 0.6 is 0 Å². The first-order valence-electron chi connectivity index (χ1n) is 10.2. The van der Waals surface area contributed by atoms with Crippen molar-refractivity contribution in [2.75, 3.05) is 17.7 Å². The molecule has 1 aromatic carbocycles. The van der Waals surface area contributed by atoms with Gasteiger partial charge in [0, 0.05) is 23.9 Å². The first-order valence-corrected chi connectivity index (χ1v) is 10.2. The Hall–Kier alpha value is -3.35. The number of nitrogens with zero attached hydrogens (tertiary/aromatic N) is 2. The zero-order chi connectivity index (χ0) is 21.3. The van der Waals surface area contributed by atoms with Crippen LogP contribution in [-0.2, 0) is 16.1 Å². The first kappa shape index (κ1) is 19.9. The molecule has 1 fully saturated rings. The van der Waals surface area contributed by atoms with Gasteiger partial charge < -0.3 is 19.9 Å². The number of carbonyl (C=O) groups excluding carboxylic acids is 2. The van der Waals surface area contributed by atoms with Gasteiger partial charge in [-0.25, -0.2) is 9.78 Å². The van der Waals surface area contributed by atoms with Crippen molar-refractivity contribution < 1.29 is 14.3 Å². The molecule has 0 atom stereocenters. The van der Waals surface area contributed by atoms with Crippen molar-refractivity contribution in [3.63, 3.8) is 0 Å². The second-order valence-electron chi connectivity index (χ2n) is 7.94. The molecule has 7 heteroatoms.